The highest BCUT2D eigenvalue weighted by molar-refractivity contribution is 7.26. The van der Waals surface area contributed by atoms with Crippen molar-refractivity contribution in [1.82, 2.24) is 14.5 Å². The topological polar surface area (TPSA) is 30.7 Å². The molecule has 11 aromatic rings. The molecule has 0 amide bonds. The monoisotopic (exact) mass is 679 g/mol. The van der Waals surface area contributed by atoms with E-state index in [4.69, 9.17) is 9.97 Å². The fourth-order valence-electron chi connectivity index (χ4n) is 8.07. The van der Waals surface area contributed by atoms with Crippen molar-refractivity contribution in [3.63, 3.8) is 0 Å². The summed E-state index contributed by atoms with van der Waals surface area (Å²) in [5.41, 5.74) is 8.56. The maximum atomic E-state index is 5.39. The third kappa shape index (κ3) is 4.38. The molecule has 3 nitrogen and oxygen atoms in total. The van der Waals surface area contributed by atoms with Crippen LogP contribution < -0.4 is 0 Å². The van der Waals surface area contributed by atoms with Gasteiger partial charge < -0.3 is 4.57 Å². The Hall–Kier alpha value is -6.62. The van der Waals surface area contributed by atoms with Crippen LogP contribution in [-0.4, -0.2) is 14.5 Å². The molecule has 0 spiro atoms. The second-order valence-corrected chi connectivity index (χ2v) is 14.4. The minimum Gasteiger partial charge on any atom is -0.308 e. The van der Waals surface area contributed by atoms with Crippen molar-refractivity contribution >= 4 is 74.9 Å². The maximum absolute atomic E-state index is 5.39. The number of hydrogen-bond donors (Lipinski definition) is 0. The molecule has 0 radical (unpaired) electrons. The van der Waals surface area contributed by atoms with Crippen LogP contribution in [0.3, 0.4) is 0 Å². The Morgan fingerprint density at radius 3 is 2.00 bits per heavy atom. The highest BCUT2D eigenvalue weighted by Crippen LogP contribution is 2.42. The molecule has 8 aromatic carbocycles. The quantitative estimate of drug-likeness (QED) is 0.185. The van der Waals surface area contributed by atoms with E-state index < -0.39 is 0 Å². The van der Waals surface area contributed by atoms with Gasteiger partial charge in [0.25, 0.3) is 0 Å². The second kappa shape index (κ2) is 11.5. The Balaban J connectivity index is 1.19. The van der Waals surface area contributed by atoms with Crippen molar-refractivity contribution < 1.29 is 0 Å². The molecule has 52 heavy (non-hydrogen) atoms. The first-order chi connectivity index (χ1) is 25.8. The first-order valence-electron chi connectivity index (χ1n) is 17.6. The summed E-state index contributed by atoms with van der Waals surface area (Å²) >= 11 is 1.81. The first kappa shape index (κ1) is 29.1. The molecule has 3 heterocycles. The first-order valence-corrected chi connectivity index (χ1v) is 18.4. The Morgan fingerprint density at radius 1 is 0.423 bits per heavy atom. The van der Waals surface area contributed by atoms with Gasteiger partial charge in [0.15, 0.2) is 5.82 Å². The van der Waals surface area contributed by atoms with Gasteiger partial charge in [-0.2, -0.15) is 0 Å². The minimum atomic E-state index is 0.732. The Bertz CT molecular complexity index is 3190. The maximum Gasteiger partial charge on any atom is 0.161 e. The fourth-order valence-corrected chi connectivity index (χ4v) is 9.28. The Kier molecular flexibility index (Phi) is 6.42. The van der Waals surface area contributed by atoms with E-state index >= 15 is 0 Å². The molecule has 3 aromatic heterocycles. The van der Waals surface area contributed by atoms with Gasteiger partial charge in [0.05, 0.1) is 28.1 Å². The lowest BCUT2D eigenvalue weighted by Gasteiger charge is -2.16. The molecular formula is C48H29N3S. The van der Waals surface area contributed by atoms with Crippen molar-refractivity contribution in [2.45, 2.75) is 0 Å². The predicted molar refractivity (Wildman–Crippen MR) is 221 cm³/mol. The molecule has 0 aliphatic rings. The van der Waals surface area contributed by atoms with Crippen LogP contribution in [0.4, 0.5) is 0 Å². The van der Waals surface area contributed by atoms with E-state index in [-0.39, 0.29) is 0 Å². The van der Waals surface area contributed by atoms with Crippen LogP contribution in [-0.2, 0) is 0 Å². The third-order valence-electron chi connectivity index (χ3n) is 10.4. The van der Waals surface area contributed by atoms with E-state index in [1.54, 1.807) is 0 Å². The summed E-state index contributed by atoms with van der Waals surface area (Å²) < 4.78 is 4.93. The van der Waals surface area contributed by atoms with Gasteiger partial charge >= 0.3 is 0 Å². The summed E-state index contributed by atoms with van der Waals surface area (Å²) in [7, 11) is 0. The predicted octanol–water partition coefficient (Wildman–Crippen LogP) is 13.2. The lowest BCUT2D eigenvalue weighted by molar-refractivity contribution is 1.19. The van der Waals surface area contributed by atoms with Gasteiger partial charge in [0.1, 0.15) is 0 Å². The summed E-state index contributed by atoms with van der Waals surface area (Å²) in [6.07, 6.45) is 0. The molecule has 0 aliphatic carbocycles. The molecule has 242 valence electrons. The van der Waals surface area contributed by atoms with Crippen molar-refractivity contribution in [2.24, 2.45) is 0 Å². The van der Waals surface area contributed by atoms with E-state index in [1.165, 1.54) is 58.1 Å². The van der Waals surface area contributed by atoms with Gasteiger partial charge in [0.2, 0.25) is 0 Å². The molecule has 0 bridgehead atoms. The number of hydrogen-bond acceptors (Lipinski definition) is 3. The zero-order valence-electron chi connectivity index (χ0n) is 28.0. The van der Waals surface area contributed by atoms with Crippen LogP contribution in [0.15, 0.2) is 176 Å². The highest BCUT2D eigenvalue weighted by Gasteiger charge is 2.20. The minimum absolute atomic E-state index is 0.732. The van der Waals surface area contributed by atoms with Gasteiger partial charge in [-0.25, -0.2) is 9.97 Å². The van der Waals surface area contributed by atoms with Gasteiger partial charge in [-0.15, -0.1) is 11.3 Å². The number of aromatic nitrogens is 3. The molecule has 0 atom stereocenters. The zero-order valence-corrected chi connectivity index (χ0v) is 28.8. The number of nitrogens with zero attached hydrogens (tertiary/aromatic N) is 3. The number of rotatable bonds is 4. The van der Waals surface area contributed by atoms with Crippen LogP contribution in [0.1, 0.15) is 0 Å². The van der Waals surface area contributed by atoms with E-state index in [2.05, 4.69) is 180 Å². The smallest absolute Gasteiger partial charge is 0.161 e. The average Bonchev–Trinajstić information content (AvgIpc) is 3.77. The summed E-state index contributed by atoms with van der Waals surface area (Å²) in [5.74, 6) is 0.732. The molecule has 4 heteroatoms. The molecule has 0 fully saturated rings. The highest BCUT2D eigenvalue weighted by atomic mass is 32.1. The Labute approximate surface area is 303 Å². The van der Waals surface area contributed by atoms with E-state index in [0.717, 1.165) is 45.0 Å². The van der Waals surface area contributed by atoms with Crippen molar-refractivity contribution in [1.29, 1.82) is 0 Å². The lowest BCUT2D eigenvalue weighted by atomic mass is 9.98. The van der Waals surface area contributed by atoms with E-state index in [9.17, 15) is 0 Å². The zero-order chi connectivity index (χ0) is 34.2. The summed E-state index contributed by atoms with van der Waals surface area (Å²) in [5, 5.41) is 9.80. The van der Waals surface area contributed by atoms with Gasteiger partial charge in [-0.1, -0.05) is 146 Å². The van der Waals surface area contributed by atoms with Gasteiger partial charge in [-0.3, -0.25) is 0 Å². The van der Waals surface area contributed by atoms with E-state index in [0.29, 0.717) is 0 Å². The third-order valence-corrected chi connectivity index (χ3v) is 11.6. The average molecular weight is 680 g/mol. The van der Waals surface area contributed by atoms with Crippen molar-refractivity contribution in [3.8, 4) is 39.6 Å². The Morgan fingerprint density at radius 2 is 1.12 bits per heavy atom. The molecule has 11 rings (SSSR count). The van der Waals surface area contributed by atoms with Crippen LogP contribution in [0.5, 0.6) is 0 Å². The summed E-state index contributed by atoms with van der Waals surface area (Å²) in [4.78, 5) is 10.6. The molecular weight excluding hydrogens is 651 g/mol. The largest absolute Gasteiger partial charge is 0.308 e. The second-order valence-electron chi connectivity index (χ2n) is 13.3. The molecule has 0 unspecified atom stereocenters. The summed E-state index contributed by atoms with van der Waals surface area (Å²) in [6, 6.07) is 63.0. The SMILES string of the molecule is c1ccc(-c2cc(-c3ccc(-n4c5ccccc5c5ccc6ccccc6c54)c4ccccc34)nc(-c3cccc4c3sc3ccccc34)n2)cc1. The molecule has 0 saturated heterocycles. The lowest BCUT2D eigenvalue weighted by Crippen LogP contribution is -1.99. The van der Waals surface area contributed by atoms with Crippen molar-refractivity contribution in [2.75, 3.05) is 0 Å². The van der Waals surface area contributed by atoms with E-state index in [1.807, 2.05) is 11.3 Å². The van der Waals surface area contributed by atoms with Crippen LogP contribution in [0, 0.1) is 0 Å². The molecule has 0 N–H and O–H groups in total. The number of fused-ring (bicyclic) bond motifs is 9. The number of benzene rings is 8. The van der Waals surface area contributed by atoms with Gasteiger partial charge in [-0.05, 0) is 41.1 Å². The van der Waals surface area contributed by atoms with Gasteiger partial charge in [0, 0.05) is 58.4 Å². The van der Waals surface area contributed by atoms with Crippen LogP contribution >= 0.6 is 11.3 Å². The molecule has 0 saturated carbocycles. The van der Waals surface area contributed by atoms with Crippen molar-refractivity contribution in [3.05, 3.63) is 176 Å². The standard InChI is InChI=1S/C48H29N3S/c1-2-14-31(15-3-1)41-29-42(50-48(49-41)40-22-12-21-39-37-20-9-11-24-45(37)52-47(39)40)34-27-28-44(35-18-7-6-17-33(34)35)51-43-23-10-8-19-36(43)38-26-25-30-13-4-5-16-32(30)46(38)51/h1-29H. The number of thiophene rings is 1. The van der Waals surface area contributed by atoms with Crippen LogP contribution in [0.25, 0.3) is 103 Å². The van der Waals surface area contributed by atoms with Crippen LogP contribution in [0.2, 0.25) is 0 Å². The summed E-state index contributed by atoms with van der Waals surface area (Å²) in [6.45, 7) is 0. The normalized spacial score (nSPS) is 11.8. The molecule has 0 aliphatic heterocycles. The number of para-hydroxylation sites is 1. The fraction of sp³-hybridized carbons (Fsp3) is 0.